The van der Waals surface area contributed by atoms with Crippen LogP contribution >= 0.6 is 0 Å². The van der Waals surface area contributed by atoms with E-state index in [2.05, 4.69) is 10.6 Å². The van der Waals surface area contributed by atoms with Crippen molar-refractivity contribution in [2.75, 3.05) is 10.2 Å². The number of hydrogen-bond donors (Lipinski definition) is 3. The smallest absolute Gasteiger partial charge is 0.410 e. The first-order chi connectivity index (χ1) is 15.8. The monoisotopic (exact) mass is 450 g/mol. The third kappa shape index (κ3) is 5.01. The highest BCUT2D eigenvalue weighted by atomic mass is 16.6. The standard InChI is InChI=1S/C25H30N4O4/c1-15(2)22-24(31)28-20-14-16(23(30)27-18-11-9-17(26)10-12-18)8-13-21(20)29(22)25(32)33-19-6-4-3-5-7-19/h3-8,13-15,17-18,22H,9-12,26H2,1-2H3,(H,27,30)(H,28,31). The molecule has 0 spiro atoms. The number of hydrogen-bond acceptors (Lipinski definition) is 5. The van der Waals surface area contributed by atoms with Crippen LogP contribution in [0.3, 0.4) is 0 Å². The van der Waals surface area contributed by atoms with E-state index in [1.807, 2.05) is 19.9 Å². The maximum absolute atomic E-state index is 13.1. The van der Waals surface area contributed by atoms with Crippen LogP contribution in [0.15, 0.2) is 48.5 Å². The summed E-state index contributed by atoms with van der Waals surface area (Å²) in [6, 6.07) is 13.2. The average molecular weight is 451 g/mol. The minimum absolute atomic E-state index is 0.0885. The average Bonchev–Trinajstić information content (AvgIpc) is 2.79. The van der Waals surface area contributed by atoms with Crippen molar-refractivity contribution in [3.05, 3.63) is 54.1 Å². The van der Waals surface area contributed by atoms with Gasteiger partial charge in [-0.3, -0.25) is 14.5 Å². The number of benzene rings is 2. The van der Waals surface area contributed by atoms with Gasteiger partial charge >= 0.3 is 6.09 Å². The van der Waals surface area contributed by atoms with Crippen LogP contribution in [0.1, 0.15) is 49.9 Å². The zero-order valence-corrected chi connectivity index (χ0v) is 18.9. The van der Waals surface area contributed by atoms with E-state index in [1.54, 1.807) is 42.5 Å². The predicted octanol–water partition coefficient (Wildman–Crippen LogP) is 3.67. The molecule has 8 heteroatoms. The van der Waals surface area contributed by atoms with E-state index >= 15 is 0 Å². The highest BCUT2D eigenvalue weighted by Crippen LogP contribution is 2.36. The van der Waals surface area contributed by atoms with Crippen LogP contribution in [-0.4, -0.2) is 36.0 Å². The zero-order chi connectivity index (χ0) is 23.5. The minimum atomic E-state index is -0.736. The first-order valence-electron chi connectivity index (χ1n) is 11.4. The molecule has 3 amide bonds. The number of nitrogens with two attached hydrogens (primary N) is 1. The lowest BCUT2D eigenvalue weighted by atomic mass is 9.91. The highest BCUT2D eigenvalue weighted by molar-refractivity contribution is 6.12. The number of amides is 3. The van der Waals surface area contributed by atoms with Gasteiger partial charge in [0.25, 0.3) is 5.91 Å². The number of para-hydroxylation sites is 1. The molecular formula is C25H30N4O4. The predicted molar refractivity (Wildman–Crippen MR) is 126 cm³/mol. The van der Waals surface area contributed by atoms with E-state index in [4.69, 9.17) is 10.5 Å². The normalized spacial score (nSPS) is 22.4. The third-order valence-corrected chi connectivity index (χ3v) is 6.21. The second-order valence-electron chi connectivity index (χ2n) is 9.05. The lowest BCUT2D eigenvalue weighted by molar-refractivity contribution is -0.118. The fourth-order valence-corrected chi connectivity index (χ4v) is 4.44. The second-order valence-corrected chi connectivity index (χ2v) is 9.05. The zero-order valence-electron chi connectivity index (χ0n) is 18.9. The molecule has 0 radical (unpaired) electrons. The van der Waals surface area contributed by atoms with Gasteiger partial charge in [0.1, 0.15) is 11.8 Å². The summed E-state index contributed by atoms with van der Waals surface area (Å²) in [6.07, 6.45) is 2.83. The van der Waals surface area contributed by atoms with Gasteiger partial charge in [0.15, 0.2) is 0 Å². The number of nitrogens with one attached hydrogen (secondary N) is 2. The molecule has 1 fully saturated rings. The molecule has 1 aliphatic carbocycles. The van der Waals surface area contributed by atoms with E-state index in [1.165, 1.54) is 4.90 Å². The van der Waals surface area contributed by atoms with Gasteiger partial charge in [-0.15, -0.1) is 0 Å². The van der Waals surface area contributed by atoms with Gasteiger partial charge in [0.2, 0.25) is 5.91 Å². The van der Waals surface area contributed by atoms with Crippen molar-refractivity contribution in [1.29, 1.82) is 0 Å². The van der Waals surface area contributed by atoms with Crippen molar-refractivity contribution in [1.82, 2.24) is 5.32 Å². The summed E-state index contributed by atoms with van der Waals surface area (Å²) in [7, 11) is 0. The van der Waals surface area contributed by atoms with Crippen LogP contribution in [-0.2, 0) is 4.79 Å². The Labute approximate surface area is 193 Å². The number of nitrogens with zero attached hydrogens (tertiary/aromatic N) is 1. The summed E-state index contributed by atoms with van der Waals surface area (Å²) in [5.41, 5.74) is 7.27. The Kier molecular flexibility index (Phi) is 6.65. The fourth-order valence-electron chi connectivity index (χ4n) is 4.44. The molecular weight excluding hydrogens is 420 g/mol. The topological polar surface area (TPSA) is 114 Å². The number of ether oxygens (including phenoxy) is 1. The maximum atomic E-state index is 13.1. The molecule has 174 valence electrons. The van der Waals surface area contributed by atoms with E-state index in [9.17, 15) is 14.4 Å². The number of carbonyl (C=O) groups excluding carboxylic acids is 3. The molecule has 8 nitrogen and oxygen atoms in total. The lowest BCUT2D eigenvalue weighted by Gasteiger charge is -2.37. The molecule has 4 N–H and O–H groups in total. The van der Waals surface area contributed by atoms with Gasteiger partial charge in [0.05, 0.1) is 11.4 Å². The van der Waals surface area contributed by atoms with Crippen molar-refractivity contribution >= 4 is 29.3 Å². The van der Waals surface area contributed by atoms with Crippen LogP contribution in [0.4, 0.5) is 16.2 Å². The number of carbonyl (C=O) groups is 3. The second kappa shape index (κ2) is 9.62. The molecule has 33 heavy (non-hydrogen) atoms. The maximum Gasteiger partial charge on any atom is 0.420 e. The molecule has 1 heterocycles. The van der Waals surface area contributed by atoms with Gasteiger partial charge in [-0.25, -0.2) is 4.79 Å². The summed E-state index contributed by atoms with van der Waals surface area (Å²) < 4.78 is 5.54. The van der Waals surface area contributed by atoms with Gasteiger partial charge in [0, 0.05) is 17.6 Å². The molecule has 1 unspecified atom stereocenters. The fraction of sp³-hybridized carbons (Fsp3) is 0.400. The van der Waals surface area contributed by atoms with E-state index < -0.39 is 12.1 Å². The summed E-state index contributed by atoms with van der Waals surface area (Å²) in [5.74, 6) is -0.291. The Morgan fingerprint density at radius 1 is 1.09 bits per heavy atom. The van der Waals surface area contributed by atoms with Gasteiger partial charge < -0.3 is 21.1 Å². The van der Waals surface area contributed by atoms with Crippen LogP contribution in [0.25, 0.3) is 0 Å². The summed E-state index contributed by atoms with van der Waals surface area (Å²) in [6.45, 7) is 3.74. The molecule has 2 aromatic carbocycles. The van der Waals surface area contributed by atoms with Gasteiger partial charge in [-0.1, -0.05) is 32.0 Å². The molecule has 0 aromatic heterocycles. The Morgan fingerprint density at radius 3 is 2.45 bits per heavy atom. The van der Waals surface area contributed by atoms with E-state index in [0.717, 1.165) is 25.7 Å². The van der Waals surface area contributed by atoms with Crippen LogP contribution in [0.2, 0.25) is 0 Å². The van der Waals surface area contributed by atoms with Crippen LogP contribution < -0.4 is 26.0 Å². The van der Waals surface area contributed by atoms with Crippen molar-refractivity contribution in [3.8, 4) is 5.75 Å². The van der Waals surface area contributed by atoms with Crippen molar-refractivity contribution in [2.45, 2.75) is 57.7 Å². The van der Waals surface area contributed by atoms with E-state index in [-0.39, 0.29) is 29.8 Å². The summed E-state index contributed by atoms with van der Waals surface area (Å²) in [4.78, 5) is 40.3. The Hall–Kier alpha value is -3.39. The highest BCUT2D eigenvalue weighted by Gasteiger charge is 2.40. The van der Waals surface area contributed by atoms with Gasteiger partial charge in [-0.05, 0) is 61.9 Å². The van der Waals surface area contributed by atoms with Crippen molar-refractivity contribution < 1.29 is 19.1 Å². The minimum Gasteiger partial charge on any atom is -0.410 e. The van der Waals surface area contributed by atoms with Crippen LogP contribution in [0, 0.1) is 5.92 Å². The summed E-state index contributed by atoms with van der Waals surface area (Å²) in [5, 5.41) is 5.91. The Balaban J connectivity index is 1.58. The SMILES string of the molecule is CC(C)C1C(=O)Nc2cc(C(=O)NC3CCC(N)CC3)ccc2N1C(=O)Oc1ccccc1. The first-order valence-corrected chi connectivity index (χ1v) is 11.4. The van der Waals surface area contributed by atoms with Crippen LogP contribution in [0.5, 0.6) is 5.75 Å². The lowest BCUT2D eigenvalue weighted by Crippen LogP contribution is -2.54. The molecule has 0 saturated heterocycles. The molecule has 0 bridgehead atoms. The molecule has 1 saturated carbocycles. The van der Waals surface area contributed by atoms with E-state index in [0.29, 0.717) is 22.7 Å². The largest absolute Gasteiger partial charge is 0.420 e. The Bertz CT molecular complexity index is 1030. The first kappa shape index (κ1) is 22.8. The molecule has 1 atom stereocenters. The molecule has 1 aliphatic heterocycles. The number of fused-ring (bicyclic) bond motifs is 1. The molecule has 2 aliphatic rings. The quantitative estimate of drug-likeness (QED) is 0.658. The molecule has 2 aromatic rings. The van der Waals surface area contributed by atoms with Crippen molar-refractivity contribution in [2.24, 2.45) is 11.7 Å². The number of anilines is 2. The third-order valence-electron chi connectivity index (χ3n) is 6.21. The van der Waals surface area contributed by atoms with Crippen molar-refractivity contribution in [3.63, 3.8) is 0 Å². The Morgan fingerprint density at radius 2 is 1.79 bits per heavy atom. The number of rotatable bonds is 4. The molecule has 4 rings (SSSR count). The summed E-state index contributed by atoms with van der Waals surface area (Å²) >= 11 is 0. The van der Waals surface area contributed by atoms with Gasteiger partial charge in [-0.2, -0.15) is 0 Å².